The Morgan fingerprint density at radius 2 is 1.97 bits per heavy atom. The van der Waals surface area contributed by atoms with Gasteiger partial charge < -0.3 is 19.9 Å². The number of para-hydroxylation sites is 1. The van der Waals surface area contributed by atoms with Crippen molar-refractivity contribution in [3.63, 3.8) is 0 Å². The van der Waals surface area contributed by atoms with E-state index in [-0.39, 0.29) is 23.7 Å². The number of halogens is 2. The number of ether oxygens (including phenoxy) is 1. The first kappa shape index (κ1) is 22.4. The van der Waals surface area contributed by atoms with Crippen molar-refractivity contribution in [2.45, 2.75) is 26.3 Å². The van der Waals surface area contributed by atoms with E-state index < -0.39 is 11.6 Å². The van der Waals surface area contributed by atoms with Gasteiger partial charge in [-0.25, -0.2) is 23.5 Å². The van der Waals surface area contributed by atoms with Crippen LogP contribution in [0.5, 0.6) is 11.6 Å². The number of hydrogen-bond donors (Lipinski definition) is 1. The molecule has 1 aliphatic rings. The van der Waals surface area contributed by atoms with Gasteiger partial charge in [-0.1, -0.05) is 25.1 Å². The van der Waals surface area contributed by atoms with Gasteiger partial charge in [0.25, 0.3) is 0 Å². The lowest BCUT2D eigenvalue weighted by molar-refractivity contribution is 0.184. The lowest BCUT2D eigenvalue weighted by Crippen LogP contribution is -2.55. The first-order valence-electron chi connectivity index (χ1n) is 10.8. The maximum atomic E-state index is 13.9. The number of piperazine rings is 1. The summed E-state index contributed by atoms with van der Waals surface area (Å²) < 4.78 is 32.5. The topological polar surface area (TPSA) is 70.6 Å². The summed E-state index contributed by atoms with van der Waals surface area (Å²) in [5.74, 6) is -0.867. The quantitative estimate of drug-likeness (QED) is 0.598. The molecule has 1 fully saturated rings. The fourth-order valence-corrected chi connectivity index (χ4v) is 3.83. The molecule has 3 aromatic rings. The molecule has 2 heterocycles. The number of benzene rings is 2. The van der Waals surface area contributed by atoms with Crippen molar-refractivity contribution in [1.29, 1.82) is 0 Å². The van der Waals surface area contributed by atoms with Crippen LogP contribution in [-0.4, -0.2) is 46.6 Å². The maximum absolute atomic E-state index is 13.9. The zero-order valence-corrected chi connectivity index (χ0v) is 18.5. The number of urea groups is 1. The minimum absolute atomic E-state index is 0.0681. The van der Waals surface area contributed by atoms with Crippen molar-refractivity contribution in [3.05, 3.63) is 72.1 Å². The zero-order chi connectivity index (χ0) is 23.4. The normalized spacial score (nSPS) is 15.9. The monoisotopic (exact) mass is 453 g/mol. The first-order chi connectivity index (χ1) is 15.9. The van der Waals surface area contributed by atoms with Crippen LogP contribution in [0.3, 0.4) is 0 Å². The standard InChI is InChI=1S/C24H25F2N5O2/c1-3-17-6-4-5-7-20(17)29-24(32)31-11-10-30(14-16(31)2)22-13-23(28-15-27-22)33-21-9-8-18(25)12-19(21)26/h4-9,12-13,15-16H,3,10-11,14H2,1-2H3,(H,29,32)/t16-/m1/s1. The van der Waals surface area contributed by atoms with Crippen molar-refractivity contribution in [3.8, 4) is 11.6 Å². The predicted molar refractivity (Wildman–Crippen MR) is 122 cm³/mol. The minimum atomic E-state index is -0.812. The molecule has 1 aliphatic heterocycles. The number of aryl methyl sites for hydroxylation is 1. The van der Waals surface area contributed by atoms with E-state index in [9.17, 15) is 13.6 Å². The molecule has 4 rings (SSSR count). The summed E-state index contributed by atoms with van der Waals surface area (Å²) in [6.45, 7) is 5.66. The smallest absolute Gasteiger partial charge is 0.322 e. The zero-order valence-electron chi connectivity index (χ0n) is 18.5. The average molecular weight is 453 g/mol. The number of carbonyl (C=O) groups excluding carboxylic acids is 1. The molecule has 2 amide bonds. The van der Waals surface area contributed by atoms with Gasteiger partial charge in [-0.15, -0.1) is 0 Å². The average Bonchev–Trinajstić information content (AvgIpc) is 2.81. The van der Waals surface area contributed by atoms with Gasteiger partial charge in [0.1, 0.15) is 18.0 Å². The Labute approximate surface area is 191 Å². The second-order valence-electron chi connectivity index (χ2n) is 7.82. The summed E-state index contributed by atoms with van der Waals surface area (Å²) in [4.78, 5) is 25.0. The van der Waals surface area contributed by atoms with Crippen molar-refractivity contribution < 1.29 is 18.3 Å². The van der Waals surface area contributed by atoms with Crippen molar-refractivity contribution in [2.24, 2.45) is 0 Å². The number of anilines is 2. The fourth-order valence-electron chi connectivity index (χ4n) is 3.83. The number of carbonyl (C=O) groups is 1. The third kappa shape index (κ3) is 5.19. The van der Waals surface area contributed by atoms with Crippen LogP contribution in [0.25, 0.3) is 0 Å². The highest BCUT2D eigenvalue weighted by Gasteiger charge is 2.28. The lowest BCUT2D eigenvalue weighted by Gasteiger charge is -2.40. The van der Waals surface area contributed by atoms with Gasteiger partial charge in [0.15, 0.2) is 11.6 Å². The molecule has 172 valence electrons. The molecule has 0 radical (unpaired) electrons. The highest BCUT2D eigenvalue weighted by Crippen LogP contribution is 2.26. The first-order valence-corrected chi connectivity index (χ1v) is 10.8. The molecule has 9 heteroatoms. The van der Waals surface area contributed by atoms with Crippen LogP contribution in [0, 0.1) is 11.6 Å². The molecule has 0 bridgehead atoms. The molecule has 1 N–H and O–H groups in total. The van der Waals surface area contributed by atoms with E-state index in [0.29, 0.717) is 25.5 Å². The number of nitrogens with one attached hydrogen (secondary N) is 1. The van der Waals surface area contributed by atoms with Crippen molar-refractivity contribution in [1.82, 2.24) is 14.9 Å². The molecule has 2 aromatic carbocycles. The summed E-state index contributed by atoms with van der Waals surface area (Å²) in [6.07, 6.45) is 2.16. The molecule has 0 unspecified atom stereocenters. The summed E-state index contributed by atoms with van der Waals surface area (Å²) in [5.41, 5.74) is 1.91. The summed E-state index contributed by atoms with van der Waals surface area (Å²) in [5, 5.41) is 3.02. The van der Waals surface area contributed by atoms with Gasteiger partial charge in [0, 0.05) is 43.5 Å². The SMILES string of the molecule is CCc1ccccc1NC(=O)N1CCN(c2cc(Oc3ccc(F)cc3F)ncn2)C[C@H]1C. The number of hydrogen-bond acceptors (Lipinski definition) is 5. The maximum Gasteiger partial charge on any atom is 0.322 e. The van der Waals surface area contributed by atoms with Gasteiger partial charge >= 0.3 is 6.03 Å². The Morgan fingerprint density at radius 1 is 1.15 bits per heavy atom. The summed E-state index contributed by atoms with van der Waals surface area (Å²) in [7, 11) is 0. The van der Waals surface area contributed by atoms with Gasteiger partial charge in [-0.3, -0.25) is 0 Å². The second kappa shape index (κ2) is 9.81. The highest BCUT2D eigenvalue weighted by molar-refractivity contribution is 5.90. The molecular weight excluding hydrogens is 428 g/mol. The van der Waals surface area contributed by atoms with Gasteiger partial charge in [0.2, 0.25) is 5.88 Å². The molecule has 0 aliphatic carbocycles. The Morgan fingerprint density at radius 3 is 2.73 bits per heavy atom. The van der Waals surface area contributed by atoms with E-state index in [0.717, 1.165) is 29.8 Å². The van der Waals surface area contributed by atoms with Crippen LogP contribution in [-0.2, 0) is 6.42 Å². The molecule has 7 nitrogen and oxygen atoms in total. The van der Waals surface area contributed by atoms with Crippen LogP contribution >= 0.6 is 0 Å². The van der Waals surface area contributed by atoms with Crippen LogP contribution < -0.4 is 15.0 Å². The Balaban J connectivity index is 1.41. The van der Waals surface area contributed by atoms with Gasteiger partial charge in [-0.05, 0) is 37.1 Å². The van der Waals surface area contributed by atoms with E-state index in [2.05, 4.69) is 22.2 Å². The van der Waals surface area contributed by atoms with Crippen LogP contribution in [0.4, 0.5) is 25.1 Å². The number of amides is 2. The van der Waals surface area contributed by atoms with E-state index >= 15 is 0 Å². The molecule has 33 heavy (non-hydrogen) atoms. The van der Waals surface area contributed by atoms with E-state index in [1.165, 1.54) is 12.4 Å². The molecular formula is C24H25F2N5O2. The predicted octanol–water partition coefficient (Wildman–Crippen LogP) is 4.85. The molecule has 1 saturated heterocycles. The summed E-state index contributed by atoms with van der Waals surface area (Å²) >= 11 is 0. The Bertz CT molecular complexity index is 1140. The van der Waals surface area contributed by atoms with Crippen molar-refractivity contribution in [2.75, 3.05) is 29.9 Å². The minimum Gasteiger partial charge on any atom is -0.436 e. The lowest BCUT2D eigenvalue weighted by atomic mass is 10.1. The molecule has 0 saturated carbocycles. The van der Waals surface area contributed by atoms with Gasteiger partial charge in [0.05, 0.1) is 0 Å². The molecule has 1 aromatic heterocycles. The Hall–Kier alpha value is -3.75. The van der Waals surface area contributed by atoms with Crippen LogP contribution in [0.15, 0.2) is 54.9 Å². The third-order valence-corrected chi connectivity index (χ3v) is 5.59. The van der Waals surface area contributed by atoms with Crippen LogP contribution in [0.2, 0.25) is 0 Å². The summed E-state index contributed by atoms with van der Waals surface area (Å²) in [6, 6.07) is 12.2. The van der Waals surface area contributed by atoms with Crippen molar-refractivity contribution >= 4 is 17.5 Å². The number of rotatable bonds is 5. The number of aromatic nitrogens is 2. The number of nitrogens with zero attached hydrogens (tertiary/aromatic N) is 4. The van der Waals surface area contributed by atoms with E-state index in [4.69, 9.17) is 4.74 Å². The van der Waals surface area contributed by atoms with Gasteiger partial charge in [-0.2, -0.15) is 0 Å². The molecule has 0 spiro atoms. The largest absolute Gasteiger partial charge is 0.436 e. The second-order valence-corrected chi connectivity index (χ2v) is 7.82. The van der Waals surface area contributed by atoms with E-state index in [1.807, 2.05) is 36.1 Å². The fraction of sp³-hybridized carbons (Fsp3) is 0.292. The van der Waals surface area contributed by atoms with E-state index in [1.54, 1.807) is 11.0 Å². The van der Waals surface area contributed by atoms with Crippen LogP contribution in [0.1, 0.15) is 19.4 Å². The highest BCUT2D eigenvalue weighted by atomic mass is 19.1. The molecule has 1 atom stereocenters. The Kier molecular flexibility index (Phi) is 6.67. The third-order valence-electron chi connectivity index (χ3n) is 5.59.